The minimum atomic E-state index is -0.0814. The molecule has 2 aromatic heterocycles. The molecule has 0 unspecified atom stereocenters. The standard InChI is InChI=1S/C12H8N2OS/c15-12-9(7-8-3-2-6-16-8)11-10(14-12)4-1-5-13-11/h1-7H,(H,14,15)/b9-7-. The van der Waals surface area contributed by atoms with Crippen LogP contribution < -0.4 is 5.32 Å². The largest absolute Gasteiger partial charge is 0.320 e. The summed E-state index contributed by atoms with van der Waals surface area (Å²) in [6.45, 7) is 0. The second kappa shape index (κ2) is 3.57. The molecule has 1 aliphatic heterocycles. The molecule has 3 rings (SSSR count). The van der Waals surface area contributed by atoms with Crippen molar-refractivity contribution >= 4 is 34.6 Å². The molecule has 3 nitrogen and oxygen atoms in total. The number of thiophene rings is 1. The smallest absolute Gasteiger partial charge is 0.258 e. The molecular formula is C12H8N2OS. The van der Waals surface area contributed by atoms with E-state index in [4.69, 9.17) is 0 Å². The first-order chi connectivity index (χ1) is 7.84. The zero-order valence-electron chi connectivity index (χ0n) is 8.31. The second-order valence-corrected chi connectivity index (χ2v) is 4.41. The van der Waals surface area contributed by atoms with Crippen molar-refractivity contribution in [3.63, 3.8) is 0 Å². The Morgan fingerprint density at radius 2 is 2.25 bits per heavy atom. The summed E-state index contributed by atoms with van der Waals surface area (Å²) in [6.07, 6.45) is 3.57. The van der Waals surface area contributed by atoms with Gasteiger partial charge in [0.2, 0.25) is 0 Å². The lowest BCUT2D eigenvalue weighted by Crippen LogP contribution is -2.03. The van der Waals surface area contributed by atoms with Crippen molar-refractivity contribution in [2.24, 2.45) is 0 Å². The van der Waals surface area contributed by atoms with Crippen molar-refractivity contribution < 1.29 is 4.79 Å². The molecule has 0 radical (unpaired) electrons. The van der Waals surface area contributed by atoms with Crippen LogP contribution in [0.15, 0.2) is 35.8 Å². The Morgan fingerprint density at radius 3 is 3.06 bits per heavy atom. The van der Waals surface area contributed by atoms with Crippen molar-refractivity contribution in [3.8, 4) is 0 Å². The number of carbonyl (C=O) groups excluding carboxylic acids is 1. The van der Waals surface area contributed by atoms with Gasteiger partial charge in [0.25, 0.3) is 5.91 Å². The van der Waals surface area contributed by atoms with E-state index in [0.717, 1.165) is 16.3 Å². The molecule has 0 spiro atoms. The lowest BCUT2D eigenvalue weighted by Gasteiger charge is -1.94. The highest BCUT2D eigenvalue weighted by molar-refractivity contribution is 7.11. The van der Waals surface area contributed by atoms with Gasteiger partial charge >= 0.3 is 0 Å². The van der Waals surface area contributed by atoms with Gasteiger partial charge in [-0.15, -0.1) is 11.3 Å². The first kappa shape index (κ1) is 9.30. The third-order valence-corrected chi connectivity index (χ3v) is 3.20. The number of nitrogens with zero attached hydrogens (tertiary/aromatic N) is 1. The lowest BCUT2D eigenvalue weighted by molar-refractivity contribution is -0.110. The summed E-state index contributed by atoms with van der Waals surface area (Å²) in [7, 11) is 0. The zero-order chi connectivity index (χ0) is 11.0. The number of pyridine rings is 1. The van der Waals surface area contributed by atoms with E-state index < -0.39 is 0 Å². The number of carbonyl (C=O) groups is 1. The Hall–Kier alpha value is -1.94. The summed E-state index contributed by atoms with van der Waals surface area (Å²) in [5.41, 5.74) is 2.16. The summed E-state index contributed by atoms with van der Waals surface area (Å²) in [6, 6.07) is 7.61. The number of hydrogen-bond acceptors (Lipinski definition) is 3. The molecule has 0 fully saturated rings. The average Bonchev–Trinajstić information content (AvgIpc) is 2.89. The minimum absolute atomic E-state index is 0.0814. The number of hydrogen-bond donors (Lipinski definition) is 1. The van der Waals surface area contributed by atoms with Gasteiger partial charge in [0.1, 0.15) is 0 Å². The predicted molar refractivity (Wildman–Crippen MR) is 65.1 cm³/mol. The molecule has 0 bridgehead atoms. The van der Waals surface area contributed by atoms with Gasteiger partial charge in [-0.25, -0.2) is 0 Å². The zero-order valence-corrected chi connectivity index (χ0v) is 9.12. The normalized spacial score (nSPS) is 16.2. The topological polar surface area (TPSA) is 42.0 Å². The Labute approximate surface area is 96.5 Å². The molecule has 0 saturated heterocycles. The van der Waals surface area contributed by atoms with E-state index in [1.807, 2.05) is 35.7 Å². The summed E-state index contributed by atoms with van der Waals surface area (Å²) >= 11 is 1.60. The maximum absolute atomic E-state index is 11.7. The number of amides is 1. The second-order valence-electron chi connectivity index (χ2n) is 3.43. The number of nitrogens with one attached hydrogen (secondary N) is 1. The fourth-order valence-electron chi connectivity index (χ4n) is 1.67. The van der Waals surface area contributed by atoms with Gasteiger partial charge in [-0.1, -0.05) is 6.07 Å². The highest BCUT2D eigenvalue weighted by Crippen LogP contribution is 2.31. The maximum Gasteiger partial charge on any atom is 0.258 e. The summed E-state index contributed by atoms with van der Waals surface area (Å²) in [5, 5.41) is 4.78. The summed E-state index contributed by atoms with van der Waals surface area (Å²) in [4.78, 5) is 17.0. The number of fused-ring (bicyclic) bond motifs is 1. The van der Waals surface area contributed by atoms with Gasteiger partial charge in [0, 0.05) is 11.1 Å². The molecule has 1 N–H and O–H groups in total. The number of anilines is 1. The number of aromatic nitrogens is 1. The van der Waals surface area contributed by atoms with Crippen molar-refractivity contribution in [1.29, 1.82) is 0 Å². The van der Waals surface area contributed by atoms with E-state index in [1.54, 1.807) is 17.5 Å². The van der Waals surface area contributed by atoms with Gasteiger partial charge in [-0.05, 0) is 29.7 Å². The van der Waals surface area contributed by atoms with E-state index in [2.05, 4.69) is 10.3 Å². The lowest BCUT2D eigenvalue weighted by atomic mass is 10.1. The van der Waals surface area contributed by atoms with Crippen LogP contribution in [0.4, 0.5) is 5.69 Å². The van der Waals surface area contributed by atoms with Crippen LogP contribution in [0.2, 0.25) is 0 Å². The van der Waals surface area contributed by atoms with E-state index in [9.17, 15) is 4.79 Å². The Bertz CT molecular complexity index is 572. The summed E-state index contributed by atoms with van der Waals surface area (Å²) < 4.78 is 0. The fourth-order valence-corrected chi connectivity index (χ4v) is 2.32. The fraction of sp³-hybridized carbons (Fsp3) is 0. The molecule has 3 heterocycles. The van der Waals surface area contributed by atoms with Crippen LogP contribution in [-0.4, -0.2) is 10.9 Å². The highest BCUT2D eigenvalue weighted by atomic mass is 32.1. The van der Waals surface area contributed by atoms with E-state index in [-0.39, 0.29) is 5.91 Å². The quantitative estimate of drug-likeness (QED) is 0.762. The molecule has 4 heteroatoms. The molecule has 0 aliphatic carbocycles. The highest BCUT2D eigenvalue weighted by Gasteiger charge is 2.24. The van der Waals surface area contributed by atoms with Crippen LogP contribution in [0.25, 0.3) is 11.6 Å². The molecule has 16 heavy (non-hydrogen) atoms. The molecule has 0 aromatic carbocycles. The Morgan fingerprint density at radius 1 is 1.31 bits per heavy atom. The first-order valence-electron chi connectivity index (χ1n) is 4.86. The SMILES string of the molecule is O=C1Nc2cccnc2/C1=C/c1cccs1. The van der Waals surface area contributed by atoms with Gasteiger partial charge in [-0.2, -0.15) is 0 Å². The predicted octanol–water partition coefficient (Wildman–Crippen LogP) is 2.64. The van der Waals surface area contributed by atoms with Crippen molar-refractivity contribution in [3.05, 3.63) is 46.4 Å². The first-order valence-corrected chi connectivity index (χ1v) is 5.74. The Kier molecular flexibility index (Phi) is 2.08. The minimum Gasteiger partial charge on any atom is -0.320 e. The Balaban J connectivity index is 2.12. The van der Waals surface area contributed by atoms with Gasteiger partial charge in [0.05, 0.1) is 17.0 Å². The van der Waals surface area contributed by atoms with Crippen LogP contribution in [0.1, 0.15) is 10.6 Å². The maximum atomic E-state index is 11.7. The van der Waals surface area contributed by atoms with Gasteiger partial charge in [0.15, 0.2) is 0 Å². The summed E-state index contributed by atoms with van der Waals surface area (Å²) in [5.74, 6) is -0.0814. The van der Waals surface area contributed by atoms with Crippen LogP contribution in [0.3, 0.4) is 0 Å². The molecular weight excluding hydrogens is 220 g/mol. The van der Waals surface area contributed by atoms with Gasteiger partial charge in [-0.3, -0.25) is 9.78 Å². The van der Waals surface area contributed by atoms with Crippen molar-refractivity contribution in [1.82, 2.24) is 4.98 Å². The molecule has 78 valence electrons. The van der Waals surface area contributed by atoms with E-state index >= 15 is 0 Å². The average molecular weight is 228 g/mol. The van der Waals surface area contributed by atoms with Crippen LogP contribution in [0.5, 0.6) is 0 Å². The third-order valence-electron chi connectivity index (χ3n) is 2.39. The molecule has 1 amide bonds. The van der Waals surface area contributed by atoms with Gasteiger partial charge < -0.3 is 5.32 Å². The molecule has 0 saturated carbocycles. The third kappa shape index (κ3) is 1.44. The number of rotatable bonds is 1. The van der Waals surface area contributed by atoms with E-state index in [0.29, 0.717) is 5.57 Å². The van der Waals surface area contributed by atoms with Crippen molar-refractivity contribution in [2.45, 2.75) is 0 Å². The monoisotopic (exact) mass is 228 g/mol. The van der Waals surface area contributed by atoms with Crippen LogP contribution in [0, 0.1) is 0 Å². The van der Waals surface area contributed by atoms with E-state index in [1.165, 1.54) is 0 Å². The molecule has 2 aromatic rings. The van der Waals surface area contributed by atoms with Crippen LogP contribution in [-0.2, 0) is 4.79 Å². The molecule has 1 aliphatic rings. The van der Waals surface area contributed by atoms with Crippen LogP contribution >= 0.6 is 11.3 Å². The van der Waals surface area contributed by atoms with Crippen molar-refractivity contribution in [2.75, 3.05) is 5.32 Å². The molecule has 0 atom stereocenters.